The van der Waals surface area contributed by atoms with E-state index in [1.165, 1.54) is 11.9 Å². The molecular formula is C24H27N3O4. The first kappa shape index (κ1) is 22.2. The van der Waals surface area contributed by atoms with E-state index in [-0.39, 0.29) is 24.5 Å². The Bertz CT molecular complexity index is 1070. The Morgan fingerprint density at radius 1 is 1.00 bits per heavy atom. The molecule has 0 bridgehead atoms. The molecular weight excluding hydrogens is 394 g/mol. The molecule has 0 aliphatic carbocycles. The highest BCUT2D eigenvalue weighted by atomic mass is 16.5. The Morgan fingerprint density at radius 2 is 1.68 bits per heavy atom. The van der Waals surface area contributed by atoms with E-state index >= 15 is 0 Å². The zero-order valence-electron chi connectivity index (χ0n) is 18.5. The van der Waals surface area contributed by atoms with Crippen molar-refractivity contribution in [2.75, 3.05) is 10.3 Å². The van der Waals surface area contributed by atoms with Gasteiger partial charge in [-0.1, -0.05) is 29.8 Å². The maximum Gasteiger partial charge on any atom is 0.355 e. The smallest absolute Gasteiger partial charge is 0.355 e. The number of nitrogens with zero attached hydrogens (tertiary/aromatic N) is 2. The van der Waals surface area contributed by atoms with Crippen LogP contribution < -0.4 is 10.3 Å². The van der Waals surface area contributed by atoms with E-state index in [9.17, 15) is 14.4 Å². The van der Waals surface area contributed by atoms with Crippen LogP contribution in [0.1, 0.15) is 42.0 Å². The molecule has 3 rings (SSSR count). The van der Waals surface area contributed by atoms with E-state index in [0.717, 1.165) is 22.3 Å². The molecule has 162 valence electrons. The molecule has 1 N–H and O–H groups in total. The van der Waals surface area contributed by atoms with Gasteiger partial charge in [0, 0.05) is 18.5 Å². The van der Waals surface area contributed by atoms with Crippen LogP contribution in [0.4, 0.5) is 11.4 Å². The molecule has 2 amide bonds. The number of ether oxygens (including phenoxy) is 1. The van der Waals surface area contributed by atoms with Crippen LogP contribution in [0.15, 0.2) is 41.5 Å². The van der Waals surface area contributed by atoms with Gasteiger partial charge in [0.25, 0.3) is 5.91 Å². The molecule has 0 spiro atoms. The van der Waals surface area contributed by atoms with E-state index in [1.807, 2.05) is 64.1 Å². The summed E-state index contributed by atoms with van der Waals surface area (Å²) in [6, 6.07) is 11.4. The average molecular weight is 421 g/mol. The van der Waals surface area contributed by atoms with Gasteiger partial charge in [0.2, 0.25) is 5.91 Å². The zero-order valence-corrected chi connectivity index (χ0v) is 18.5. The molecule has 0 saturated carbocycles. The first-order valence-electron chi connectivity index (χ1n) is 10.2. The second-order valence-corrected chi connectivity index (χ2v) is 7.90. The molecule has 1 aliphatic heterocycles. The number of anilines is 2. The van der Waals surface area contributed by atoms with Crippen LogP contribution >= 0.6 is 0 Å². The molecule has 2 aromatic carbocycles. The van der Waals surface area contributed by atoms with Gasteiger partial charge in [-0.2, -0.15) is 10.1 Å². The summed E-state index contributed by atoms with van der Waals surface area (Å²) < 4.78 is 5.34. The van der Waals surface area contributed by atoms with Crippen molar-refractivity contribution in [1.29, 1.82) is 0 Å². The zero-order chi connectivity index (χ0) is 22.7. The highest BCUT2D eigenvalue weighted by molar-refractivity contribution is 6.38. The molecule has 0 fully saturated rings. The van der Waals surface area contributed by atoms with E-state index in [0.29, 0.717) is 11.4 Å². The van der Waals surface area contributed by atoms with Crippen molar-refractivity contribution in [2.24, 2.45) is 5.10 Å². The van der Waals surface area contributed by atoms with Gasteiger partial charge in [-0.25, -0.2) is 4.79 Å². The monoisotopic (exact) mass is 421 g/mol. The summed E-state index contributed by atoms with van der Waals surface area (Å²) in [4.78, 5) is 37.6. The third-order valence-corrected chi connectivity index (χ3v) is 5.15. The molecule has 1 aliphatic rings. The Balaban J connectivity index is 1.72. The third-order valence-electron chi connectivity index (χ3n) is 5.15. The predicted molar refractivity (Wildman–Crippen MR) is 120 cm³/mol. The van der Waals surface area contributed by atoms with Crippen LogP contribution in [0.25, 0.3) is 0 Å². The van der Waals surface area contributed by atoms with Gasteiger partial charge in [-0.05, 0) is 63.4 Å². The number of benzene rings is 2. The van der Waals surface area contributed by atoms with Crippen molar-refractivity contribution in [2.45, 2.75) is 53.6 Å². The number of amides is 2. The molecule has 7 nitrogen and oxygen atoms in total. The van der Waals surface area contributed by atoms with Gasteiger partial charge in [0.05, 0.1) is 5.69 Å². The van der Waals surface area contributed by atoms with Gasteiger partial charge in [-0.15, -0.1) is 0 Å². The lowest BCUT2D eigenvalue weighted by Gasteiger charge is -2.25. The number of rotatable bonds is 5. The van der Waals surface area contributed by atoms with Gasteiger partial charge >= 0.3 is 5.97 Å². The standard InChI is InChI=1S/C24H27N3O4/c1-14-7-9-19(17(4)12-14)25-23(29)18(5)31-24(30)20-10-11-22(28)27(26-20)21-13-15(2)6-8-16(21)3/h6-9,12-13,18H,10-11H2,1-5H3,(H,25,29). The summed E-state index contributed by atoms with van der Waals surface area (Å²) in [5, 5.41) is 8.28. The van der Waals surface area contributed by atoms with Gasteiger partial charge in [0.1, 0.15) is 5.71 Å². The largest absolute Gasteiger partial charge is 0.448 e. The molecule has 31 heavy (non-hydrogen) atoms. The minimum Gasteiger partial charge on any atom is -0.448 e. The maximum atomic E-state index is 12.6. The van der Waals surface area contributed by atoms with Crippen LogP contribution in [0.3, 0.4) is 0 Å². The van der Waals surface area contributed by atoms with Crippen LogP contribution in [-0.2, 0) is 19.1 Å². The highest BCUT2D eigenvalue weighted by Crippen LogP contribution is 2.25. The van der Waals surface area contributed by atoms with Crippen molar-refractivity contribution < 1.29 is 19.1 Å². The van der Waals surface area contributed by atoms with Crippen molar-refractivity contribution >= 4 is 34.9 Å². The molecule has 0 saturated heterocycles. The Hall–Kier alpha value is -3.48. The third kappa shape index (κ3) is 5.17. The van der Waals surface area contributed by atoms with E-state index in [1.54, 1.807) is 0 Å². The number of hydrogen-bond donors (Lipinski definition) is 1. The summed E-state index contributed by atoms with van der Waals surface area (Å²) in [6.07, 6.45) is -0.697. The van der Waals surface area contributed by atoms with Crippen molar-refractivity contribution in [3.05, 3.63) is 58.7 Å². The first-order valence-corrected chi connectivity index (χ1v) is 10.2. The van der Waals surface area contributed by atoms with E-state index in [4.69, 9.17) is 4.74 Å². The number of hydrogen-bond acceptors (Lipinski definition) is 5. The predicted octanol–water partition coefficient (Wildman–Crippen LogP) is 3.97. The Morgan fingerprint density at radius 3 is 2.39 bits per heavy atom. The van der Waals surface area contributed by atoms with Crippen LogP contribution in [0, 0.1) is 27.7 Å². The average Bonchev–Trinajstić information content (AvgIpc) is 2.72. The lowest BCUT2D eigenvalue weighted by atomic mass is 10.1. The summed E-state index contributed by atoms with van der Waals surface area (Å²) in [6.45, 7) is 9.18. The fourth-order valence-electron chi connectivity index (χ4n) is 3.31. The number of hydrazone groups is 1. The fourth-order valence-corrected chi connectivity index (χ4v) is 3.31. The molecule has 0 aromatic heterocycles. The topological polar surface area (TPSA) is 88.1 Å². The number of nitrogens with one attached hydrogen (secondary N) is 1. The fraction of sp³-hybridized carbons (Fsp3) is 0.333. The number of carbonyl (C=O) groups excluding carboxylic acids is 3. The van der Waals surface area contributed by atoms with Crippen molar-refractivity contribution in [3.63, 3.8) is 0 Å². The Labute approximate surface area is 182 Å². The number of esters is 1. The molecule has 1 atom stereocenters. The summed E-state index contributed by atoms with van der Waals surface area (Å²) in [5.74, 6) is -1.32. The SMILES string of the molecule is Cc1ccc(NC(=O)C(C)OC(=O)C2=NN(c3cc(C)ccc3C)C(=O)CC2)c(C)c1. The number of carbonyl (C=O) groups is 3. The molecule has 1 heterocycles. The molecule has 1 unspecified atom stereocenters. The maximum absolute atomic E-state index is 12.6. The second kappa shape index (κ2) is 9.12. The van der Waals surface area contributed by atoms with E-state index in [2.05, 4.69) is 10.4 Å². The second-order valence-electron chi connectivity index (χ2n) is 7.90. The van der Waals surface area contributed by atoms with Gasteiger partial charge in [0.15, 0.2) is 6.10 Å². The van der Waals surface area contributed by atoms with Crippen molar-refractivity contribution in [3.8, 4) is 0 Å². The van der Waals surface area contributed by atoms with Crippen LogP contribution in [-0.4, -0.2) is 29.6 Å². The Kier molecular flexibility index (Phi) is 6.53. The normalized spacial score (nSPS) is 14.7. The number of aryl methyl sites for hydroxylation is 4. The minimum absolute atomic E-state index is 0.117. The van der Waals surface area contributed by atoms with Crippen LogP contribution in [0.2, 0.25) is 0 Å². The lowest BCUT2D eigenvalue weighted by Crippen LogP contribution is -2.38. The summed E-state index contributed by atoms with van der Waals surface area (Å²) >= 11 is 0. The van der Waals surface area contributed by atoms with E-state index < -0.39 is 18.0 Å². The highest BCUT2D eigenvalue weighted by Gasteiger charge is 2.29. The lowest BCUT2D eigenvalue weighted by molar-refractivity contribution is -0.146. The van der Waals surface area contributed by atoms with Gasteiger partial charge in [-0.3, -0.25) is 9.59 Å². The summed E-state index contributed by atoms with van der Waals surface area (Å²) in [7, 11) is 0. The minimum atomic E-state index is -1.01. The first-order chi connectivity index (χ1) is 14.7. The molecule has 7 heteroatoms. The molecule has 0 radical (unpaired) electrons. The van der Waals surface area contributed by atoms with Crippen molar-refractivity contribution in [1.82, 2.24) is 0 Å². The van der Waals surface area contributed by atoms with Crippen LogP contribution in [0.5, 0.6) is 0 Å². The van der Waals surface area contributed by atoms with Gasteiger partial charge < -0.3 is 10.1 Å². The molecule has 2 aromatic rings. The quantitative estimate of drug-likeness (QED) is 0.740. The summed E-state index contributed by atoms with van der Waals surface area (Å²) in [5.41, 5.74) is 5.29.